The van der Waals surface area contributed by atoms with Gasteiger partial charge in [0.25, 0.3) is 0 Å². The van der Waals surface area contributed by atoms with Crippen LogP contribution < -0.4 is 5.32 Å². The molecular formula is C12H20BrN3. The second-order valence-corrected chi connectivity index (χ2v) is 4.72. The number of nitrogens with one attached hydrogen (secondary N) is 1. The zero-order valence-electron chi connectivity index (χ0n) is 10.2. The molecule has 90 valence electrons. The molecule has 0 saturated carbocycles. The van der Waals surface area contributed by atoms with Gasteiger partial charge in [0.15, 0.2) is 0 Å². The number of anilines is 1. The van der Waals surface area contributed by atoms with Gasteiger partial charge in [-0.05, 0) is 48.1 Å². The Morgan fingerprint density at radius 1 is 1.44 bits per heavy atom. The summed E-state index contributed by atoms with van der Waals surface area (Å²) in [5, 5.41) is 3.41. The third-order valence-electron chi connectivity index (χ3n) is 2.57. The standard InChI is InChI=1S/C12H20BrN3/c1-4-16(5-2)9-10(3)15-12-11(13)7-6-8-14-12/h6-8,10H,4-5,9H2,1-3H3,(H,14,15). The normalized spacial score (nSPS) is 12.8. The summed E-state index contributed by atoms with van der Waals surface area (Å²) in [6.45, 7) is 9.77. The Morgan fingerprint density at radius 3 is 2.69 bits per heavy atom. The molecule has 4 heteroatoms. The Bertz CT molecular complexity index is 313. The van der Waals surface area contributed by atoms with Crippen LogP contribution in [0.25, 0.3) is 0 Å². The van der Waals surface area contributed by atoms with Gasteiger partial charge in [0.2, 0.25) is 0 Å². The van der Waals surface area contributed by atoms with Gasteiger partial charge < -0.3 is 10.2 Å². The summed E-state index contributed by atoms with van der Waals surface area (Å²) in [6.07, 6.45) is 1.80. The minimum Gasteiger partial charge on any atom is -0.365 e. The molecule has 0 fully saturated rings. The quantitative estimate of drug-likeness (QED) is 0.871. The van der Waals surface area contributed by atoms with Gasteiger partial charge in [-0.1, -0.05) is 13.8 Å². The molecule has 1 aromatic rings. The third-order valence-corrected chi connectivity index (χ3v) is 3.21. The van der Waals surface area contributed by atoms with Crippen molar-refractivity contribution in [3.8, 4) is 0 Å². The van der Waals surface area contributed by atoms with Crippen LogP contribution >= 0.6 is 15.9 Å². The Hall–Kier alpha value is -0.610. The highest BCUT2D eigenvalue weighted by atomic mass is 79.9. The fraction of sp³-hybridized carbons (Fsp3) is 0.583. The zero-order chi connectivity index (χ0) is 12.0. The number of likely N-dealkylation sites (N-methyl/N-ethyl adjacent to an activating group) is 1. The predicted molar refractivity (Wildman–Crippen MR) is 72.8 cm³/mol. The first-order valence-corrected chi connectivity index (χ1v) is 6.56. The van der Waals surface area contributed by atoms with Crippen molar-refractivity contribution in [3.05, 3.63) is 22.8 Å². The summed E-state index contributed by atoms with van der Waals surface area (Å²) in [7, 11) is 0. The van der Waals surface area contributed by atoms with Crippen LogP contribution in [0.1, 0.15) is 20.8 Å². The van der Waals surface area contributed by atoms with Gasteiger partial charge in [-0.15, -0.1) is 0 Å². The summed E-state index contributed by atoms with van der Waals surface area (Å²) in [4.78, 5) is 6.70. The highest BCUT2D eigenvalue weighted by molar-refractivity contribution is 9.10. The van der Waals surface area contributed by atoms with Crippen LogP contribution in [0.15, 0.2) is 22.8 Å². The molecule has 0 aliphatic carbocycles. The number of nitrogens with zero attached hydrogens (tertiary/aromatic N) is 2. The summed E-state index contributed by atoms with van der Waals surface area (Å²) >= 11 is 3.49. The highest BCUT2D eigenvalue weighted by Gasteiger charge is 2.08. The molecule has 0 radical (unpaired) electrons. The maximum Gasteiger partial charge on any atom is 0.140 e. The van der Waals surface area contributed by atoms with E-state index in [0.717, 1.165) is 29.9 Å². The fourth-order valence-corrected chi connectivity index (χ4v) is 2.01. The zero-order valence-corrected chi connectivity index (χ0v) is 11.8. The maximum absolute atomic E-state index is 4.30. The number of halogens is 1. The number of pyridine rings is 1. The van der Waals surface area contributed by atoms with Crippen molar-refractivity contribution in [2.45, 2.75) is 26.8 Å². The number of hydrogen-bond donors (Lipinski definition) is 1. The van der Waals surface area contributed by atoms with E-state index in [-0.39, 0.29) is 0 Å². The third kappa shape index (κ3) is 4.10. The van der Waals surface area contributed by atoms with Crippen LogP contribution in [0.3, 0.4) is 0 Å². The first-order valence-electron chi connectivity index (χ1n) is 5.76. The molecule has 1 rings (SSSR count). The first-order chi connectivity index (χ1) is 7.67. The van der Waals surface area contributed by atoms with Gasteiger partial charge in [-0.25, -0.2) is 4.98 Å². The molecule has 0 saturated heterocycles. The minimum atomic E-state index is 0.395. The van der Waals surface area contributed by atoms with Crippen LogP contribution in [0.4, 0.5) is 5.82 Å². The van der Waals surface area contributed by atoms with Gasteiger partial charge in [0.05, 0.1) is 4.47 Å². The van der Waals surface area contributed by atoms with Crippen molar-refractivity contribution in [3.63, 3.8) is 0 Å². The van der Waals surface area contributed by atoms with Crippen LogP contribution in [0.5, 0.6) is 0 Å². The van der Waals surface area contributed by atoms with E-state index >= 15 is 0 Å². The van der Waals surface area contributed by atoms with E-state index < -0.39 is 0 Å². The van der Waals surface area contributed by atoms with Crippen molar-refractivity contribution in [1.82, 2.24) is 9.88 Å². The molecule has 3 nitrogen and oxygen atoms in total. The number of hydrogen-bond acceptors (Lipinski definition) is 3. The van der Waals surface area contributed by atoms with E-state index in [2.05, 4.69) is 51.9 Å². The molecule has 16 heavy (non-hydrogen) atoms. The molecule has 1 atom stereocenters. The van der Waals surface area contributed by atoms with Gasteiger partial charge >= 0.3 is 0 Å². The minimum absolute atomic E-state index is 0.395. The number of rotatable bonds is 6. The van der Waals surface area contributed by atoms with E-state index in [1.165, 1.54) is 0 Å². The summed E-state index contributed by atoms with van der Waals surface area (Å²) in [5.41, 5.74) is 0. The molecular weight excluding hydrogens is 266 g/mol. The second kappa shape index (κ2) is 6.86. The molecule has 1 aromatic heterocycles. The van der Waals surface area contributed by atoms with Crippen molar-refractivity contribution in [2.24, 2.45) is 0 Å². The van der Waals surface area contributed by atoms with E-state index in [4.69, 9.17) is 0 Å². The van der Waals surface area contributed by atoms with Gasteiger partial charge in [0, 0.05) is 18.8 Å². The van der Waals surface area contributed by atoms with Gasteiger partial charge in [-0.2, -0.15) is 0 Å². The average Bonchev–Trinajstić information content (AvgIpc) is 2.29. The second-order valence-electron chi connectivity index (χ2n) is 3.87. The van der Waals surface area contributed by atoms with Crippen LogP contribution in [-0.4, -0.2) is 35.6 Å². The SMILES string of the molecule is CCN(CC)CC(C)Nc1ncccc1Br. The summed E-state index contributed by atoms with van der Waals surface area (Å²) in [6, 6.07) is 4.31. The van der Waals surface area contributed by atoms with Crippen molar-refractivity contribution >= 4 is 21.7 Å². The van der Waals surface area contributed by atoms with Crippen LogP contribution in [-0.2, 0) is 0 Å². The summed E-state index contributed by atoms with van der Waals surface area (Å²) < 4.78 is 1.02. The van der Waals surface area contributed by atoms with E-state index in [0.29, 0.717) is 6.04 Å². The maximum atomic E-state index is 4.30. The lowest BCUT2D eigenvalue weighted by atomic mass is 10.3. The fourth-order valence-electron chi connectivity index (χ4n) is 1.64. The molecule has 1 unspecified atom stereocenters. The lowest BCUT2D eigenvalue weighted by molar-refractivity contribution is 0.294. The topological polar surface area (TPSA) is 28.2 Å². The monoisotopic (exact) mass is 285 g/mol. The lowest BCUT2D eigenvalue weighted by Crippen LogP contribution is -2.35. The summed E-state index contributed by atoms with van der Waals surface area (Å²) in [5.74, 6) is 0.919. The smallest absolute Gasteiger partial charge is 0.140 e. The van der Waals surface area contributed by atoms with Crippen molar-refractivity contribution < 1.29 is 0 Å². The lowest BCUT2D eigenvalue weighted by Gasteiger charge is -2.24. The van der Waals surface area contributed by atoms with E-state index in [9.17, 15) is 0 Å². The van der Waals surface area contributed by atoms with Crippen LogP contribution in [0.2, 0.25) is 0 Å². The van der Waals surface area contributed by atoms with Gasteiger partial charge in [-0.3, -0.25) is 0 Å². The average molecular weight is 286 g/mol. The Kier molecular flexibility index (Phi) is 5.77. The molecule has 0 aliphatic rings. The van der Waals surface area contributed by atoms with E-state index in [1.54, 1.807) is 6.20 Å². The molecule has 0 spiro atoms. The van der Waals surface area contributed by atoms with Crippen LogP contribution in [0, 0.1) is 0 Å². The molecule has 0 aliphatic heterocycles. The molecule has 0 aromatic carbocycles. The molecule has 0 amide bonds. The Balaban J connectivity index is 2.51. The predicted octanol–water partition coefficient (Wildman–Crippen LogP) is 2.99. The molecule has 1 heterocycles. The Labute approximate surface area is 106 Å². The number of aromatic nitrogens is 1. The Morgan fingerprint density at radius 2 is 2.12 bits per heavy atom. The molecule has 1 N–H and O–H groups in total. The first kappa shape index (κ1) is 13.5. The van der Waals surface area contributed by atoms with Crippen molar-refractivity contribution in [2.75, 3.05) is 25.0 Å². The highest BCUT2D eigenvalue weighted by Crippen LogP contribution is 2.19. The van der Waals surface area contributed by atoms with Crippen molar-refractivity contribution in [1.29, 1.82) is 0 Å². The van der Waals surface area contributed by atoms with Gasteiger partial charge in [0.1, 0.15) is 5.82 Å². The molecule has 0 bridgehead atoms. The largest absolute Gasteiger partial charge is 0.365 e. The van der Waals surface area contributed by atoms with E-state index in [1.807, 2.05) is 12.1 Å².